The van der Waals surface area contributed by atoms with E-state index in [9.17, 15) is 0 Å². The number of unbranched alkanes of at least 4 members (excludes halogenated alkanes) is 1. The molecular formula is C9H15N3. The first-order valence-electron chi connectivity index (χ1n) is 4.25. The summed E-state index contributed by atoms with van der Waals surface area (Å²) in [4.78, 5) is 0. The zero-order chi connectivity index (χ0) is 8.97. The van der Waals surface area contributed by atoms with E-state index < -0.39 is 0 Å². The number of nitrogens with one attached hydrogen (secondary N) is 1. The molecule has 3 N–H and O–H groups in total. The zero-order valence-corrected chi connectivity index (χ0v) is 7.38. The predicted molar refractivity (Wildman–Crippen MR) is 49.6 cm³/mol. The van der Waals surface area contributed by atoms with E-state index in [4.69, 9.17) is 11.1 Å². The maximum atomic E-state index is 7.61. The lowest BCUT2D eigenvalue weighted by molar-refractivity contribution is 0.603. The number of nitrogens with zero attached hydrogens (tertiary/aromatic N) is 1. The molecule has 12 heavy (non-hydrogen) atoms. The number of aryl methyl sites for hydroxylation is 1. The van der Waals surface area contributed by atoms with Crippen LogP contribution in [0, 0.1) is 5.41 Å². The van der Waals surface area contributed by atoms with E-state index in [0.717, 1.165) is 19.4 Å². The Morgan fingerprint density at radius 3 is 3.00 bits per heavy atom. The van der Waals surface area contributed by atoms with Crippen molar-refractivity contribution in [2.45, 2.75) is 26.3 Å². The molecule has 3 heteroatoms. The molecule has 3 nitrogen and oxygen atoms in total. The van der Waals surface area contributed by atoms with Crippen LogP contribution in [-0.4, -0.2) is 4.57 Å². The van der Waals surface area contributed by atoms with Crippen LogP contribution >= 0.6 is 0 Å². The number of aromatic nitrogens is 1. The molecule has 0 aliphatic heterocycles. The third-order valence-corrected chi connectivity index (χ3v) is 1.86. The lowest BCUT2D eigenvalue weighted by atomic mass is 10.3. The van der Waals surface area contributed by atoms with Crippen LogP contribution < -0.4 is 11.2 Å². The summed E-state index contributed by atoms with van der Waals surface area (Å²) in [5.74, 6) is 0. The van der Waals surface area contributed by atoms with Gasteiger partial charge in [0.2, 0.25) is 0 Å². The number of anilines is 1. The summed E-state index contributed by atoms with van der Waals surface area (Å²) < 4.78 is 1.87. The summed E-state index contributed by atoms with van der Waals surface area (Å²) >= 11 is 0. The number of hydrogen-bond acceptors (Lipinski definition) is 2. The Kier molecular flexibility index (Phi) is 2.91. The largest absolute Gasteiger partial charge is 0.396 e. The molecule has 0 aliphatic rings. The summed E-state index contributed by atoms with van der Waals surface area (Å²) in [5, 5.41) is 7.61. The lowest BCUT2D eigenvalue weighted by Crippen LogP contribution is -2.22. The molecule has 0 saturated heterocycles. The third kappa shape index (κ3) is 1.87. The Bertz CT molecular complexity index is 301. The van der Waals surface area contributed by atoms with Gasteiger partial charge in [0.1, 0.15) is 5.49 Å². The topological polar surface area (TPSA) is 54.8 Å². The second-order valence-electron chi connectivity index (χ2n) is 2.86. The highest BCUT2D eigenvalue weighted by molar-refractivity contribution is 5.32. The van der Waals surface area contributed by atoms with E-state index in [1.54, 1.807) is 6.07 Å². The van der Waals surface area contributed by atoms with Gasteiger partial charge in [-0.05, 0) is 18.6 Å². The van der Waals surface area contributed by atoms with Crippen LogP contribution in [0.2, 0.25) is 0 Å². The van der Waals surface area contributed by atoms with E-state index in [1.165, 1.54) is 0 Å². The normalized spacial score (nSPS) is 10.1. The van der Waals surface area contributed by atoms with Crippen LogP contribution in [0.3, 0.4) is 0 Å². The van der Waals surface area contributed by atoms with Crippen LogP contribution in [0.25, 0.3) is 0 Å². The van der Waals surface area contributed by atoms with E-state index >= 15 is 0 Å². The van der Waals surface area contributed by atoms with Crippen LogP contribution in [0.5, 0.6) is 0 Å². The number of hydrogen-bond donors (Lipinski definition) is 2. The minimum atomic E-state index is 0.422. The average molecular weight is 165 g/mol. The minimum Gasteiger partial charge on any atom is -0.396 e. The van der Waals surface area contributed by atoms with Crippen molar-refractivity contribution >= 4 is 5.69 Å². The van der Waals surface area contributed by atoms with Crippen molar-refractivity contribution < 1.29 is 0 Å². The molecule has 0 aromatic carbocycles. The fraction of sp³-hybridized carbons (Fsp3) is 0.444. The second-order valence-corrected chi connectivity index (χ2v) is 2.86. The van der Waals surface area contributed by atoms with E-state index in [-0.39, 0.29) is 0 Å². The first kappa shape index (κ1) is 8.84. The van der Waals surface area contributed by atoms with Gasteiger partial charge < -0.3 is 10.3 Å². The highest BCUT2D eigenvalue weighted by atomic mass is 15.0. The summed E-state index contributed by atoms with van der Waals surface area (Å²) in [5.41, 5.74) is 6.56. The maximum Gasteiger partial charge on any atom is 0.148 e. The van der Waals surface area contributed by atoms with Gasteiger partial charge in [0, 0.05) is 12.7 Å². The summed E-state index contributed by atoms with van der Waals surface area (Å²) in [6.07, 6.45) is 4.13. The van der Waals surface area contributed by atoms with Gasteiger partial charge in [0.25, 0.3) is 0 Å². The van der Waals surface area contributed by atoms with Crippen molar-refractivity contribution in [2.75, 3.05) is 5.73 Å². The summed E-state index contributed by atoms with van der Waals surface area (Å²) in [6.45, 7) is 3.02. The van der Waals surface area contributed by atoms with Gasteiger partial charge in [0.05, 0.1) is 5.69 Å². The zero-order valence-electron chi connectivity index (χ0n) is 7.38. The van der Waals surface area contributed by atoms with Gasteiger partial charge in [0.15, 0.2) is 0 Å². The van der Waals surface area contributed by atoms with Crippen molar-refractivity contribution in [3.05, 3.63) is 23.8 Å². The Hall–Kier alpha value is -1.25. The van der Waals surface area contributed by atoms with E-state index in [2.05, 4.69) is 6.92 Å². The number of pyridine rings is 1. The molecule has 0 spiro atoms. The smallest absolute Gasteiger partial charge is 0.148 e. The molecule has 0 saturated carbocycles. The van der Waals surface area contributed by atoms with Gasteiger partial charge in [-0.25, -0.2) is 0 Å². The molecule has 0 radical (unpaired) electrons. The summed E-state index contributed by atoms with van der Waals surface area (Å²) in [7, 11) is 0. The van der Waals surface area contributed by atoms with Crippen LogP contribution in [-0.2, 0) is 6.54 Å². The monoisotopic (exact) mass is 165 g/mol. The maximum absolute atomic E-state index is 7.61. The van der Waals surface area contributed by atoms with Crippen LogP contribution in [0.1, 0.15) is 19.8 Å². The van der Waals surface area contributed by atoms with E-state index in [1.807, 2.05) is 16.8 Å². The quantitative estimate of drug-likeness (QED) is 0.698. The molecular weight excluding hydrogens is 150 g/mol. The highest BCUT2D eigenvalue weighted by Gasteiger charge is 1.93. The van der Waals surface area contributed by atoms with Crippen molar-refractivity contribution in [1.29, 1.82) is 5.41 Å². The fourth-order valence-electron chi connectivity index (χ4n) is 1.08. The standard InChI is InChI=1S/C9H15N3/c1-2-3-6-12-7-4-5-8(10)9(12)11/h4-5,7,11H,2-3,6,10H2,1H3. The number of rotatable bonds is 3. The molecule has 0 amide bonds. The van der Waals surface area contributed by atoms with Crippen LogP contribution in [0.15, 0.2) is 18.3 Å². The minimum absolute atomic E-state index is 0.422. The van der Waals surface area contributed by atoms with Crippen molar-refractivity contribution in [1.82, 2.24) is 4.57 Å². The Balaban J connectivity index is 2.85. The van der Waals surface area contributed by atoms with Gasteiger partial charge >= 0.3 is 0 Å². The molecule has 0 unspecified atom stereocenters. The van der Waals surface area contributed by atoms with Gasteiger partial charge in [-0.15, -0.1) is 0 Å². The van der Waals surface area contributed by atoms with Crippen molar-refractivity contribution in [3.8, 4) is 0 Å². The highest BCUT2D eigenvalue weighted by Crippen LogP contribution is 1.95. The van der Waals surface area contributed by atoms with Gasteiger partial charge in [-0.1, -0.05) is 13.3 Å². The summed E-state index contributed by atoms with van der Waals surface area (Å²) in [6, 6.07) is 3.63. The molecule has 0 bridgehead atoms. The van der Waals surface area contributed by atoms with Gasteiger partial charge in [-0.2, -0.15) is 0 Å². The Morgan fingerprint density at radius 1 is 1.58 bits per heavy atom. The van der Waals surface area contributed by atoms with E-state index in [0.29, 0.717) is 11.2 Å². The average Bonchev–Trinajstić information content (AvgIpc) is 2.08. The van der Waals surface area contributed by atoms with Crippen molar-refractivity contribution in [3.63, 3.8) is 0 Å². The Morgan fingerprint density at radius 2 is 2.33 bits per heavy atom. The first-order chi connectivity index (χ1) is 5.75. The number of nitrogens with two attached hydrogens (primary N) is 1. The molecule has 1 aromatic heterocycles. The fourth-order valence-corrected chi connectivity index (χ4v) is 1.08. The van der Waals surface area contributed by atoms with Gasteiger partial charge in [-0.3, -0.25) is 5.41 Å². The molecule has 1 aromatic rings. The second kappa shape index (κ2) is 3.95. The van der Waals surface area contributed by atoms with Crippen LogP contribution in [0.4, 0.5) is 5.69 Å². The number of nitrogen functional groups attached to an aromatic ring is 1. The molecule has 1 rings (SSSR count). The molecule has 1 heterocycles. The molecule has 0 fully saturated rings. The first-order valence-corrected chi connectivity index (χ1v) is 4.25. The molecule has 0 aliphatic carbocycles. The lowest BCUT2D eigenvalue weighted by Gasteiger charge is -2.06. The molecule has 0 atom stereocenters. The predicted octanol–water partition coefficient (Wildman–Crippen LogP) is 1.35. The van der Waals surface area contributed by atoms with Crippen molar-refractivity contribution in [2.24, 2.45) is 0 Å². The Labute approximate surface area is 72.3 Å². The third-order valence-electron chi connectivity index (χ3n) is 1.86. The molecule has 66 valence electrons. The SMILES string of the molecule is CCCCn1cccc(N)c1=N.